The van der Waals surface area contributed by atoms with Gasteiger partial charge in [0, 0.05) is 5.56 Å². The molecule has 1 heterocycles. The topological polar surface area (TPSA) is 75.4 Å². The maximum Gasteiger partial charge on any atom is 0.318 e. The largest absolute Gasteiger partial charge is 0.368 e. The van der Waals surface area contributed by atoms with Crippen molar-refractivity contribution >= 4 is 23.5 Å². The van der Waals surface area contributed by atoms with E-state index in [4.69, 9.17) is 17.3 Å². The predicted molar refractivity (Wildman–Crippen MR) is 88.8 cm³/mol. The fraction of sp³-hybridized carbons (Fsp3) is 0.529. The van der Waals surface area contributed by atoms with Crippen LogP contribution in [0.4, 0.5) is 13.6 Å². The molecule has 0 spiro atoms. The fourth-order valence-corrected chi connectivity index (χ4v) is 4.16. The van der Waals surface area contributed by atoms with Gasteiger partial charge in [-0.3, -0.25) is 4.79 Å². The molecule has 0 bridgehead atoms. The number of hydrogen-bond donors (Lipinski definition) is 2. The van der Waals surface area contributed by atoms with Crippen molar-refractivity contribution in [1.29, 1.82) is 0 Å². The number of primary amides is 1. The average molecular weight is 372 g/mol. The van der Waals surface area contributed by atoms with E-state index in [2.05, 4.69) is 19.2 Å². The van der Waals surface area contributed by atoms with Crippen LogP contribution in [0.1, 0.15) is 38.3 Å². The van der Waals surface area contributed by atoms with Crippen LogP contribution in [0.5, 0.6) is 0 Å². The summed E-state index contributed by atoms with van der Waals surface area (Å²) in [5.74, 6) is -2.38. The zero-order valence-corrected chi connectivity index (χ0v) is 14.7. The number of carbonyl (C=O) groups is 2. The van der Waals surface area contributed by atoms with E-state index in [0.717, 1.165) is 18.9 Å². The van der Waals surface area contributed by atoms with Gasteiger partial charge >= 0.3 is 6.03 Å². The number of nitrogens with two attached hydrogens (primary N) is 1. The van der Waals surface area contributed by atoms with Crippen molar-refractivity contribution in [3.63, 3.8) is 0 Å². The highest BCUT2D eigenvalue weighted by atomic mass is 35.5. The summed E-state index contributed by atoms with van der Waals surface area (Å²) in [5.41, 5.74) is 5.52. The summed E-state index contributed by atoms with van der Waals surface area (Å²) in [6, 6.07) is 0.463. The molecular formula is C17H20ClF2N3O2. The van der Waals surface area contributed by atoms with Gasteiger partial charge < -0.3 is 16.0 Å². The molecule has 1 aromatic rings. The Bertz CT molecular complexity index is 733. The third-order valence-electron chi connectivity index (χ3n) is 5.08. The summed E-state index contributed by atoms with van der Waals surface area (Å²) in [4.78, 5) is 25.2. The van der Waals surface area contributed by atoms with Crippen LogP contribution in [0.3, 0.4) is 0 Å². The monoisotopic (exact) mass is 371 g/mol. The number of urea groups is 1. The average Bonchev–Trinajstić information content (AvgIpc) is 2.88. The fourth-order valence-electron chi connectivity index (χ4n) is 3.99. The zero-order valence-electron chi connectivity index (χ0n) is 14.0. The molecule has 0 aromatic heterocycles. The summed E-state index contributed by atoms with van der Waals surface area (Å²) in [5, 5.41) is 1.92. The number of amides is 3. The summed E-state index contributed by atoms with van der Waals surface area (Å²) in [7, 11) is 0. The van der Waals surface area contributed by atoms with Gasteiger partial charge in [0.15, 0.2) is 0 Å². The zero-order chi connectivity index (χ0) is 18.5. The molecule has 5 nitrogen and oxygen atoms in total. The first-order valence-electron chi connectivity index (χ1n) is 8.10. The number of rotatable bonds is 4. The van der Waals surface area contributed by atoms with E-state index in [-0.39, 0.29) is 23.4 Å². The molecule has 3 rings (SSSR count). The molecule has 2 fully saturated rings. The van der Waals surface area contributed by atoms with Crippen LogP contribution in [-0.4, -0.2) is 29.4 Å². The van der Waals surface area contributed by atoms with Gasteiger partial charge in [0.25, 0.3) is 0 Å². The Hall–Kier alpha value is -1.89. The SMILES string of the molecule is CC1(C)CC([C@H](c2ccc(F)c(Cl)c2F)N2CC(C(N)=O)NC2=O)C1. The lowest BCUT2D eigenvalue weighted by Gasteiger charge is -2.48. The quantitative estimate of drug-likeness (QED) is 0.798. The normalized spacial score (nSPS) is 24.0. The van der Waals surface area contributed by atoms with E-state index in [9.17, 15) is 18.4 Å². The number of nitrogens with zero attached hydrogens (tertiary/aromatic N) is 1. The minimum absolute atomic E-state index is 0.0107. The number of nitrogens with one attached hydrogen (secondary N) is 1. The van der Waals surface area contributed by atoms with Gasteiger partial charge in [-0.05, 0) is 30.2 Å². The summed E-state index contributed by atoms with van der Waals surface area (Å²) in [6.07, 6.45) is 1.55. The van der Waals surface area contributed by atoms with Crippen LogP contribution in [0, 0.1) is 23.0 Å². The molecular weight excluding hydrogens is 352 g/mol. The van der Waals surface area contributed by atoms with Crippen molar-refractivity contribution in [2.45, 2.75) is 38.8 Å². The molecule has 1 saturated heterocycles. The molecule has 25 heavy (non-hydrogen) atoms. The first kappa shape index (κ1) is 17.9. The number of carbonyl (C=O) groups excluding carboxylic acids is 2. The van der Waals surface area contributed by atoms with Crippen LogP contribution in [0.25, 0.3) is 0 Å². The minimum Gasteiger partial charge on any atom is -0.368 e. The van der Waals surface area contributed by atoms with Crippen molar-refractivity contribution < 1.29 is 18.4 Å². The van der Waals surface area contributed by atoms with Crippen LogP contribution in [-0.2, 0) is 4.79 Å². The lowest BCUT2D eigenvalue weighted by Crippen LogP contribution is -2.44. The molecule has 3 amide bonds. The molecule has 136 valence electrons. The smallest absolute Gasteiger partial charge is 0.318 e. The van der Waals surface area contributed by atoms with E-state index in [1.54, 1.807) is 0 Å². The molecule has 0 radical (unpaired) electrons. The highest BCUT2D eigenvalue weighted by Gasteiger charge is 2.48. The second-order valence-electron chi connectivity index (χ2n) is 7.60. The molecule has 1 unspecified atom stereocenters. The van der Waals surface area contributed by atoms with Crippen molar-refractivity contribution in [1.82, 2.24) is 10.2 Å². The third kappa shape index (κ3) is 3.17. The van der Waals surface area contributed by atoms with Crippen LogP contribution in [0.15, 0.2) is 12.1 Å². The van der Waals surface area contributed by atoms with Gasteiger partial charge in [0.2, 0.25) is 5.91 Å². The number of hydrogen-bond acceptors (Lipinski definition) is 2. The third-order valence-corrected chi connectivity index (χ3v) is 5.42. The molecule has 1 aliphatic heterocycles. The van der Waals surface area contributed by atoms with E-state index < -0.39 is 40.7 Å². The molecule has 1 aromatic carbocycles. The predicted octanol–water partition coefficient (Wildman–Crippen LogP) is 2.97. The van der Waals surface area contributed by atoms with Crippen LogP contribution in [0.2, 0.25) is 5.02 Å². The first-order chi connectivity index (χ1) is 11.6. The van der Waals surface area contributed by atoms with Gasteiger partial charge in [0.1, 0.15) is 22.7 Å². The van der Waals surface area contributed by atoms with E-state index in [0.29, 0.717) is 0 Å². The highest BCUT2D eigenvalue weighted by molar-refractivity contribution is 6.31. The molecule has 1 aliphatic carbocycles. The van der Waals surface area contributed by atoms with E-state index in [1.807, 2.05) is 0 Å². The van der Waals surface area contributed by atoms with Gasteiger partial charge in [-0.25, -0.2) is 13.6 Å². The summed E-state index contributed by atoms with van der Waals surface area (Å²) >= 11 is 5.73. The second-order valence-corrected chi connectivity index (χ2v) is 7.98. The highest BCUT2D eigenvalue weighted by Crippen LogP contribution is 2.53. The van der Waals surface area contributed by atoms with Gasteiger partial charge in [-0.2, -0.15) is 0 Å². The summed E-state index contributed by atoms with van der Waals surface area (Å²) < 4.78 is 28.2. The van der Waals surface area contributed by atoms with Gasteiger partial charge in [0.05, 0.1) is 12.6 Å². The Morgan fingerprint density at radius 3 is 2.56 bits per heavy atom. The van der Waals surface area contributed by atoms with E-state index >= 15 is 0 Å². The lowest BCUT2D eigenvalue weighted by molar-refractivity contribution is -0.119. The molecule has 3 N–H and O–H groups in total. The standard InChI is InChI=1S/C17H20ClF2N3O2/c1-17(2)5-8(6-17)14(9-3-4-10(19)12(18)13(9)20)23-7-11(15(21)24)22-16(23)25/h3-4,8,11,14H,5-7H2,1-2H3,(H2,21,24)(H,22,25)/t11?,14-/m1/s1. The lowest BCUT2D eigenvalue weighted by atomic mass is 9.61. The Morgan fingerprint density at radius 2 is 2.04 bits per heavy atom. The Balaban J connectivity index is 1.99. The Labute approximate surface area is 149 Å². The molecule has 2 aliphatic rings. The summed E-state index contributed by atoms with van der Waals surface area (Å²) in [6.45, 7) is 4.22. The molecule has 8 heteroatoms. The minimum atomic E-state index is -0.869. The molecule has 1 saturated carbocycles. The molecule has 2 atom stereocenters. The first-order valence-corrected chi connectivity index (χ1v) is 8.48. The van der Waals surface area contributed by atoms with Crippen LogP contribution < -0.4 is 11.1 Å². The second kappa shape index (κ2) is 6.12. The van der Waals surface area contributed by atoms with Crippen molar-refractivity contribution in [2.75, 3.05) is 6.54 Å². The van der Waals surface area contributed by atoms with E-state index in [1.165, 1.54) is 11.0 Å². The van der Waals surface area contributed by atoms with Gasteiger partial charge in [-0.15, -0.1) is 0 Å². The Morgan fingerprint density at radius 1 is 1.40 bits per heavy atom. The van der Waals surface area contributed by atoms with Gasteiger partial charge in [-0.1, -0.05) is 31.5 Å². The maximum atomic E-state index is 14.6. The van der Waals surface area contributed by atoms with Crippen molar-refractivity contribution in [3.8, 4) is 0 Å². The van der Waals surface area contributed by atoms with Crippen LogP contribution >= 0.6 is 11.6 Å². The number of benzene rings is 1. The Kier molecular flexibility index (Phi) is 4.39. The number of halogens is 3. The van der Waals surface area contributed by atoms with Crippen molar-refractivity contribution in [2.24, 2.45) is 17.1 Å². The maximum absolute atomic E-state index is 14.6. The van der Waals surface area contributed by atoms with Crippen molar-refractivity contribution in [3.05, 3.63) is 34.4 Å².